The Bertz CT molecular complexity index is 675. The molecule has 27 heavy (non-hydrogen) atoms. The second-order valence-corrected chi connectivity index (χ2v) is 7.65. The number of amides is 3. The summed E-state index contributed by atoms with van der Waals surface area (Å²) in [6.45, 7) is 6.82. The second-order valence-electron chi connectivity index (χ2n) is 7.65. The van der Waals surface area contributed by atoms with Crippen molar-refractivity contribution < 1.29 is 14.3 Å². The van der Waals surface area contributed by atoms with Gasteiger partial charge in [0.1, 0.15) is 6.61 Å². The molecule has 0 aromatic heterocycles. The number of hydrogen-bond acceptors (Lipinski definition) is 4. The Balaban J connectivity index is 1.30. The summed E-state index contributed by atoms with van der Waals surface area (Å²) in [5.41, 5.74) is 1.31. The van der Waals surface area contributed by atoms with Gasteiger partial charge in [-0.3, -0.25) is 9.69 Å². The van der Waals surface area contributed by atoms with E-state index in [-0.39, 0.29) is 30.7 Å². The molecular weight excluding hydrogens is 344 g/mol. The van der Waals surface area contributed by atoms with Crippen LogP contribution in [0.2, 0.25) is 0 Å². The van der Waals surface area contributed by atoms with E-state index in [1.807, 2.05) is 15.9 Å². The number of likely N-dealkylation sites (tertiary alicyclic amines) is 1. The van der Waals surface area contributed by atoms with Gasteiger partial charge in [-0.2, -0.15) is 0 Å². The zero-order valence-electron chi connectivity index (χ0n) is 15.8. The lowest BCUT2D eigenvalue weighted by Crippen LogP contribution is -2.63. The summed E-state index contributed by atoms with van der Waals surface area (Å²) in [7, 11) is 0. The van der Waals surface area contributed by atoms with Gasteiger partial charge in [-0.15, -0.1) is 0 Å². The molecule has 0 saturated carbocycles. The Labute approximate surface area is 160 Å². The Kier molecular flexibility index (Phi) is 5.31. The van der Waals surface area contributed by atoms with Crippen LogP contribution in [0.1, 0.15) is 24.9 Å². The highest BCUT2D eigenvalue weighted by molar-refractivity contribution is 5.79. The van der Waals surface area contributed by atoms with Gasteiger partial charge >= 0.3 is 6.03 Å². The van der Waals surface area contributed by atoms with Crippen molar-refractivity contribution in [1.29, 1.82) is 0 Å². The zero-order chi connectivity index (χ0) is 18.8. The van der Waals surface area contributed by atoms with Crippen molar-refractivity contribution in [1.82, 2.24) is 20.0 Å². The quantitative estimate of drug-likeness (QED) is 0.844. The van der Waals surface area contributed by atoms with Gasteiger partial charge in [0.2, 0.25) is 5.91 Å². The Morgan fingerprint density at radius 3 is 2.59 bits per heavy atom. The first-order valence-corrected chi connectivity index (χ1v) is 9.85. The van der Waals surface area contributed by atoms with E-state index in [4.69, 9.17) is 4.74 Å². The van der Waals surface area contributed by atoms with E-state index in [2.05, 4.69) is 41.4 Å². The summed E-state index contributed by atoms with van der Waals surface area (Å²) in [5.74, 6) is -0.0888. The predicted octanol–water partition coefficient (Wildman–Crippen LogP) is 1.07. The minimum Gasteiger partial charge on any atom is -0.366 e. The highest BCUT2D eigenvalue weighted by Gasteiger charge is 2.38. The molecule has 3 heterocycles. The van der Waals surface area contributed by atoms with E-state index in [0.29, 0.717) is 19.1 Å². The SMILES string of the molecule is CC(c1ccccc1)N1CCN(C(=O)N2CC[C@@H]3OCC(=O)N[C@@H]3C2)CC1. The minimum absolute atomic E-state index is 0.0373. The third-order valence-electron chi connectivity index (χ3n) is 6.01. The molecule has 7 nitrogen and oxygen atoms in total. The Morgan fingerprint density at radius 1 is 1.11 bits per heavy atom. The van der Waals surface area contributed by atoms with Crippen molar-refractivity contribution in [2.24, 2.45) is 0 Å². The molecule has 3 saturated heterocycles. The fourth-order valence-electron chi connectivity index (χ4n) is 4.32. The number of fused-ring (bicyclic) bond motifs is 1. The molecule has 1 aromatic rings. The summed E-state index contributed by atoms with van der Waals surface area (Å²) < 4.78 is 5.58. The summed E-state index contributed by atoms with van der Waals surface area (Å²) in [4.78, 5) is 30.7. The first-order valence-electron chi connectivity index (χ1n) is 9.85. The third-order valence-corrected chi connectivity index (χ3v) is 6.01. The van der Waals surface area contributed by atoms with Gasteiger partial charge in [-0.1, -0.05) is 30.3 Å². The summed E-state index contributed by atoms with van der Waals surface area (Å²) in [5, 5.41) is 2.96. The number of carbonyl (C=O) groups is 2. The molecular formula is C20H28N4O3. The predicted molar refractivity (Wildman–Crippen MR) is 101 cm³/mol. The molecule has 0 bridgehead atoms. The number of nitrogens with one attached hydrogen (secondary N) is 1. The van der Waals surface area contributed by atoms with Gasteiger partial charge in [0.05, 0.1) is 12.1 Å². The summed E-state index contributed by atoms with van der Waals surface area (Å²) in [6, 6.07) is 10.9. The number of ether oxygens (including phenoxy) is 1. The fourth-order valence-corrected chi connectivity index (χ4v) is 4.32. The van der Waals surface area contributed by atoms with E-state index in [0.717, 1.165) is 32.6 Å². The molecule has 1 N–H and O–H groups in total. The van der Waals surface area contributed by atoms with Crippen molar-refractivity contribution in [3.63, 3.8) is 0 Å². The number of piperazine rings is 1. The monoisotopic (exact) mass is 372 g/mol. The molecule has 4 rings (SSSR count). The summed E-state index contributed by atoms with van der Waals surface area (Å²) in [6.07, 6.45) is 0.817. The van der Waals surface area contributed by atoms with Crippen LogP contribution in [0.4, 0.5) is 4.79 Å². The normalized spacial score (nSPS) is 27.7. The van der Waals surface area contributed by atoms with Crippen LogP contribution in [-0.2, 0) is 9.53 Å². The van der Waals surface area contributed by atoms with Gasteiger partial charge in [-0.25, -0.2) is 4.79 Å². The molecule has 7 heteroatoms. The molecule has 1 unspecified atom stereocenters. The Hall–Kier alpha value is -2.12. The van der Waals surface area contributed by atoms with Gasteiger partial charge in [0.15, 0.2) is 0 Å². The van der Waals surface area contributed by atoms with Crippen LogP contribution in [0.15, 0.2) is 30.3 Å². The maximum absolute atomic E-state index is 12.9. The van der Waals surface area contributed by atoms with E-state index < -0.39 is 0 Å². The lowest BCUT2D eigenvalue weighted by molar-refractivity contribution is -0.139. The van der Waals surface area contributed by atoms with Crippen LogP contribution in [0.25, 0.3) is 0 Å². The first kappa shape index (κ1) is 18.3. The van der Waals surface area contributed by atoms with Crippen LogP contribution in [0, 0.1) is 0 Å². The maximum Gasteiger partial charge on any atom is 0.320 e. The zero-order valence-corrected chi connectivity index (χ0v) is 15.8. The van der Waals surface area contributed by atoms with E-state index in [9.17, 15) is 9.59 Å². The lowest BCUT2D eigenvalue weighted by atomic mass is 10.0. The van der Waals surface area contributed by atoms with Crippen LogP contribution < -0.4 is 5.32 Å². The van der Waals surface area contributed by atoms with Crippen LogP contribution in [0.5, 0.6) is 0 Å². The van der Waals surface area contributed by atoms with Crippen molar-refractivity contribution in [2.75, 3.05) is 45.9 Å². The van der Waals surface area contributed by atoms with Crippen LogP contribution >= 0.6 is 0 Å². The smallest absolute Gasteiger partial charge is 0.320 e. The van der Waals surface area contributed by atoms with Crippen molar-refractivity contribution in [3.05, 3.63) is 35.9 Å². The number of rotatable bonds is 2. The van der Waals surface area contributed by atoms with Crippen LogP contribution in [-0.4, -0.2) is 84.7 Å². The second kappa shape index (κ2) is 7.86. The van der Waals surface area contributed by atoms with Crippen molar-refractivity contribution in [2.45, 2.75) is 31.5 Å². The molecule has 146 valence electrons. The van der Waals surface area contributed by atoms with Gasteiger partial charge in [0.25, 0.3) is 0 Å². The standard InChI is InChI=1S/C20H28N4O3/c1-15(16-5-3-2-4-6-16)22-9-11-23(12-10-22)20(26)24-8-7-18-17(13-24)21-19(25)14-27-18/h2-6,15,17-18H,7-14H2,1H3,(H,21,25)/t15?,17-,18+/m1/s1. The number of piperidine rings is 1. The molecule has 3 amide bonds. The molecule has 0 radical (unpaired) electrons. The largest absolute Gasteiger partial charge is 0.366 e. The molecule has 3 aliphatic rings. The fraction of sp³-hybridized carbons (Fsp3) is 0.600. The number of benzene rings is 1. The number of urea groups is 1. The Morgan fingerprint density at radius 2 is 1.85 bits per heavy atom. The van der Waals surface area contributed by atoms with E-state index in [1.54, 1.807) is 0 Å². The topological polar surface area (TPSA) is 65.1 Å². The number of nitrogens with zero attached hydrogens (tertiary/aromatic N) is 3. The molecule has 3 atom stereocenters. The molecule has 1 aromatic carbocycles. The number of morpholine rings is 1. The highest BCUT2D eigenvalue weighted by Crippen LogP contribution is 2.23. The number of carbonyl (C=O) groups excluding carboxylic acids is 2. The molecule has 3 aliphatic heterocycles. The van der Waals surface area contributed by atoms with Crippen molar-refractivity contribution in [3.8, 4) is 0 Å². The van der Waals surface area contributed by atoms with Gasteiger partial charge < -0.3 is 19.9 Å². The average molecular weight is 372 g/mol. The van der Waals surface area contributed by atoms with Crippen LogP contribution in [0.3, 0.4) is 0 Å². The van der Waals surface area contributed by atoms with Crippen molar-refractivity contribution >= 4 is 11.9 Å². The molecule has 3 fully saturated rings. The molecule has 0 spiro atoms. The molecule has 0 aliphatic carbocycles. The summed E-state index contributed by atoms with van der Waals surface area (Å²) >= 11 is 0. The third kappa shape index (κ3) is 3.94. The number of hydrogen-bond donors (Lipinski definition) is 1. The van der Waals surface area contributed by atoms with Gasteiger partial charge in [-0.05, 0) is 18.9 Å². The highest BCUT2D eigenvalue weighted by atomic mass is 16.5. The average Bonchev–Trinajstić information content (AvgIpc) is 2.73. The maximum atomic E-state index is 12.9. The van der Waals surface area contributed by atoms with E-state index >= 15 is 0 Å². The first-order chi connectivity index (χ1) is 13.1. The van der Waals surface area contributed by atoms with Gasteiger partial charge in [0, 0.05) is 45.3 Å². The minimum atomic E-state index is -0.0888. The lowest BCUT2D eigenvalue weighted by Gasteiger charge is -2.44. The van der Waals surface area contributed by atoms with E-state index in [1.165, 1.54) is 5.56 Å².